The van der Waals surface area contributed by atoms with Gasteiger partial charge in [0.15, 0.2) is 0 Å². The lowest BCUT2D eigenvalue weighted by atomic mass is 9.89. The molecule has 0 aliphatic heterocycles. The van der Waals surface area contributed by atoms with Crippen molar-refractivity contribution in [1.82, 2.24) is 15.1 Å². The lowest BCUT2D eigenvalue weighted by molar-refractivity contribution is -0.159. The van der Waals surface area contributed by atoms with Crippen LogP contribution in [0.25, 0.3) is 11.5 Å². The van der Waals surface area contributed by atoms with Crippen LogP contribution in [-0.2, 0) is 0 Å². The molecule has 0 amide bonds. The Morgan fingerprint density at radius 1 is 1.23 bits per heavy atom. The normalized spacial score (nSPS) is 17.0. The minimum absolute atomic E-state index is 0.150. The van der Waals surface area contributed by atoms with Crippen LogP contribution >= 0.6 is 0 Å². The molecule has 22 heavy (non-hydrogen) atoms. The molecule has 2 aromatic heterocycles. The summed E-state index contributed by atoms with van der Waals surface area (Å²) in [5, 5.41) is 3.84. The van der Waals surface area contributed by atoms with Crippen LogP contribution in [-0.4, -0.2) is 21.3 Å². The SMILES string of the molecule is CC(C)C(c1ccc(-c2noc(C3CC3)n2)nc1)C(F)(F)F. The van der Waals surface area contributed by atoms with Crippen molar-refractivity contribution in [2.24, 2.45) is 5.92 Å². The van der Waals surface area contributed by atoms with Gasteiger partial charge in [0.2, 0.25) is 11.7 Å². The summed E-state index contributed by atoms with van der Waals surface area (Å²) >= 11 is 0. The topological polar surface area (TPSA) is 51.8 Å². The number of aromatic nitrogens is 3. The molecular formula is C15H16F3N3O. The molecule has 1 atom stereocenters. The number of pyridine rings is 1. The second-order valence-corrected chi connectivity index (χ2v) is 5.97. The van der Waals surface area contributed by atoms with Gasteiger partial charge < -0.3 is 4.52 Å². The van der Waals surface area contributed by atoms with Gasteiger partial charge in [-0.25, -0.2) is 0 Å². The molecule has 1 aliphatic carbocycles. The first-order valence-electron chi connectivity index (χ1n) is 7.23. The molecule has 2 aromatic rings. The van der Waals surface area contributed by atoms with E-state index in [9.17, 15) is 13.2 Å². The van der Waals surface area contributed by atoms with Crippen LogP contribution in [0.2, 0.25) is 0 Å². The Balaban J connectivity index is 1.84. The minimum Gasteiger partial charge on any atom is -0.339 e. The van der Waals surface area contributed by atoms with E-state index >= 15 is 0 Å². The summed E-state index contributed by atoms with van der Waals surface area (Å²) in [4.78, 5) is 8.31. The Kier molecular flexibility index (Phi) is 3.66. The smallest absolute Gasteiger partial charge is 0.339 e. The number of hydrogen-bond acceptors (Lipinski definition) is 4. The average molecular weight is 311 g/mol. The fraction of sp³-hybridized carbons (Fsp3) is 0.533. The van der Waals surface area contributed by atoms with E-state index in [1.54, 1.807) is 13.8 Å². The highest BCUT2D eigenvalue weighted by atomic mass is 19.4. The van der Waals surface area contributed by atoms with E-state index in [1.165, 1.54) is 18.3 Å². The predicted molar refractivity (Wildman–Crippen MR) is 73.1 cm³/mol. The number of hydrogen-bond donors (Lipinski definition) is 0. The lowest BCUT2D eigenvalue weighted by Crippen LogP contribution is -2.25. The van der Waals surface area contributed by atoms with Gasteiger partial charge in [-0.1, -0.05) is 25.1 Å². The highest BCUT2D eigenvalue weighted by molar-refractivity contribution is 5.48. The lowest BCUT2D eigenvalue weighted by Gasteiger charge is -2.23. The fourth-order valence-electron chi connectivity index (χ4n) is 2.51. The first-order valence-corrected chi connectivity index (χ1v) is 7.23. The molecule has 1 fully saturated rings. The van der Waals surface area contributed by atoms with Crippen molar-refractivity contribution in [2.45, 2.75) is 44.7 Å². The number of alkyl halides is 3. The molecule has 0 N–H and O–H groups in total. The van der Waals surface area contributed by atoms with Crippen molar-refractivity contribution in [3.05, 3.63) is 29.8 Å². The summed E-state index contributed by atoms with van der Waals surface area (Å²) in [6.07, 6.45) is -0.964. The van der Waals surface area contributed by atoms with Crippen LogP contribution in [0, 0.1) is 5.92 Å². The number of halogens is 3. The summed E-state index contributed by atoms with van der Waals surface area (Å²) in [5.41, 5.74) is 0.571. The Labute approximate surface area is 125 Å². The first kappa shape index (κ1) is 15.0. The first-order chi connectivity index (χ1) is 10.4. The van der Waals surface area contributed by atoms with Gasteiger partial charge in [-0.15, -0.1) is 0 Å². The maximum atomic E-state index is 13.1. The van der Waals surface area contributed by atoms with Crippen molar-refractivity contribution in [3.63, 3.8) is 0 Å². The van der Waals surface area contributed by atoms with Crippen LogP contribution in [0.3, 0.4) is 0 Å². The highest BCUT2D eigenvalue weighted by Crippen LogP contribution is 2.41. The van der Waals surface area contributed by atoms with Crippen molar-refractivity contribution >= 4 is 0 Å². The minimum atomic E-state index is -4.29. The summed E-state index contributed by atoms with van der Waals surface area (Å²) in [7, 11) is 0. The molecule has 0 spiro atoms. The van der Waals surface area contributed by atoms with Crippen molar-refractivity contribution in [1.29, 1.82) is 0 Å². The largest absolute Gasteiger partial charge is 0.396 e. The van der Waals surface area contributed by atoms with Gasteiger partial charge in [-0.05, 0) is 30.4 Å². The van der Waals surface area contributed by atoms with E-state index in [2.05, 4.69) is 15.1 Å². The zero-order valence-electron chi connectivity index (χ0n) is 12.3. The van der Waals surface area contributed by atoms with E-state index < -0.39 is 18.0 Å². The zero-order chi connectivity index (χ0) is 15.9. The average Bonchev–Trinajstić information content (AvgIpc) is 3.16. The highest BCUT2D eigenvalue weighted by Gasteiger charge is 2.42. The van der Waals surface area contributed by atoms with E-state index in [0.29, 0.717) is 23.3 Å². The molecule has 2 heterocycles. The van der Waals surface area contributed by atoms with Gasteiger partial charge in [0, 0.05) is 12.1 Å². The summed E-state index contributed by atoms with van der Waals surface area (Å²) < 4.78 is 44.5. The Morgan fingerprint density at radius 3 is 2.45 bits per heavy atom. The molecule has 1 unspecified atom stereocenters. The zero-order valence-corrected chi connectivity index (χ0v) is 12.3. The fourth-order valence-corrected chi connectivity index (χ4v) is 2.51. The van der Waals surface area contributed by atoms with E-state index in [1.807, 2.05) is 0 Å². The Bertz CT molecular complexity index is 645. The van der Waals surface area contributed by atoms with Gasteiger partial charge in [0.05, 0.1) is 5.92 Å². The van der Waals surface area contributed by atoms with Crippen LogP contribution < -0.4 is 0 Å². The molecule has 0 radical (unpaired) electrons. The van der Waals surface area contributed by atoms with Crippen LogP contribution in [0.1, 0.15) is 50.0 Å². The molecule has 3 rings (SSSR count). The summed E-state index contributed by atoms with van der Waals surface area (Å²) in [6.45, 7) is 3.10. The van der Waals surface area contributed by atoms with Crippen LogP contribution in [0.15, 0.2) is 22.9 Å². The van der Waals surface area contributed by atoms with E-state index in [0.717, 1.165) is 12.8 Å². The molecule has 7 heteroatoms. The maximum Gasteiger partial charge on any atom is 0.396 e. The molecule has 0 bridgehead atoms. The second kappa shape index (κ2) is 5.37. The van der Waals surface area contributed by atoms with Crippen molar-refractivity contribution in [3.8, 4) is 11.5 Å². The maximum absolute atomic E-state index is 13.1. The second-order valence-electron chi connectivity index (χ2n) is 5.97. The van der Waals surface area contributed by atoms with E-state index in [-0.39, 0.29) is 5.56 Å². The van der Waals surface area contributed by atoms with Crippen LogP contribution in [0.5, 0.6) is 0 Å². The Hall–Kier alpha value is -1.92. The Morgan fingerprint density at radius 2 is 1.95 bits per heavy atom. The third kappa shape index (κ3) is 2.98. The van der Waals surface area contributed by atoms with Gasteiger partial charge in [-0.3, -0.25) is 4.98 Å². The van der Waals surface area contributed by atoms with Gasteiger partial charge in [0.25, 0.3) is 0 Å². The van der Waals surface area contributed by atoms with Gasteiger partial charge >= 0.3 is 6.18 Å². The third-order valence-corrected chi connectivity index (χ3v) is 3.76. The predicted octanol–water partition coefficient (Wildman–Crippen LogP) is 4.31. The molecule has 118 valence electrons. The number of rotatable bonds is 4. The molecular weight excluding hydrogens is 295 g/mol. The number of nitrogens with zero attached hydrogens (tertiary/aromatic N) is 3. The molecule has 0 aromatic carbocycles. The summed E-state index contributed by atoms with van der Waals surface area (Å²) in [5.74, 6) is -0.852. The van der Waals surface area contributed by atoms with Gasteiger partial charge in [0.1, 0.15) is 5.69 Å². The molecule has 0 saturated heterocycles. The molecule has 4 nitrogen and oxygen atoms in total. The third-order valence-electron chi connectivity index (χ3n) is 3.76. The molecule has 1 aliphatic rings. The molecule has 1 saturated carbocycles. The van der Waals surface area contributed by atoms with Gasteiger partial charge in [-0.2, -0.15) is 18.2 Å². The quantitative estimate of drug-likeness (QED) is 0.844. The van der Waals surface area contributed by atoms with E-state index in [4.69, 9.17) is 4.52 Å². The summed E-state index contributed by atoms with van der Waals surface area (Å²) in [6, 6.07) is 2.95. The monoisotopic (exact) mass is 311 g/mol. The standard InChI is InChI=1S/C15H16F3N3O/c1-8(2)12(15(16,17)18)10-5-6-11(19-7-10)13-20-14(22-21-13)9-3-4-9/h5-9,12H,3-4H2,1-2H3. The van der Waals surface area contributed by atoms with Crippen LogP contribution in [0.4, 0.5) is 13.2 Å². The van der Waals surface area contributed by atoms with Crippen molar-refractivity contribution < 1.29 is 17.7 Å². The van der Waals surface area contributed by atoms with Crippen molar-refractivity contribution in [2.75, 3.05) is 0 Å².